The van der Waals surface area contributed by atoms with E-state index in [1.165, 1.54) is 5.56 Å². The van der Waals surface area contributed by atoms with E-state index in [1.54, 1.807) is 11.3 Å². The van der Waals surface area contributed by atoms with E-state index in [9.17, 15) is 4.79 Å². The van der Waals surface area contributed by atoms with Crippen molar-refractivity contribution in [1.29, 1.82) is 0 Å². The van der Waals surface area contributed by atoms with E-state index in [4.69, 9.17) is 0 Å². The molecule has 0 unspecified atom stereocenters. The fraction of sp³-hybridized carbons (Fsp3) is 0.471. The van der Waals surface area contributed by atoms with Crippen LogP contribution in [0.3, 0.4) is 0 Å². The molecule has 1 fully saturated rings. The van der Waals surface area contributed by atoms with Gasteiger partial charge in [0.1, 0.15) is 10.0 Å². The maximum atomic E-state index is 12.1. The third-order valence-electron chi connectivity index (χ3n) is 4.18. The van der Waals surface area contributed by atoms with Gasteiger partial charge in [0.25, 0.3) is 0 Å². The summed E-state index contributed by atoms with van der Waals surface area (Å²) in [4.78, 5) is 14.4. The summed E-state index contributed by atoms with van der Waals surface area (Å²) in [6.07, 6.45) is 2.10. The van der Waals surface area contributed by atoms with E-state index in [1.807, 2.05) is 38.1 Å². The first kappa shape index (κ1) is 16.1. The van der Waals surface area contributed by atoms with Crippen LogP contribution in [0.25, 0.3) is 0 Å². The van der Waals surface area contributed by atoms with Crippen molar-refractivity contribution in [2.75, 3.05) is 25.0 Å². The van der Waals surface area contributed by atoms with E-state index in [-0.39, 0.29) is 5.91 Å². The summed E-state index contributed by atoms with van der Waals surface area (Å²) < 4.78 is 0. The lowest BCUT2D eigenvalue weighted by molar-refractivity contribution is -0.117. The third-order valence-corrected chi connectivity index (χ3v) is 5.18. The second-order valence-electron chi connectivity index (χ2n) is 6.12. The summed E-state index contributed by atoms with van der Waals surface area (Å²) in [5, 5.41) is 13.5. The molecule has 1 aromatic heterocycles. The molecule has 0 aliphatic carbocycles. The van der Waals surface area contributed by atoms with Crippen LogP contribution in [-0.4, -0.2) is 40.6 Å². The van der Waals surface area contributed by atoms with Crippen LogP contribution in [0.1, 0.15) is 34.3 Å². The van der Waals surface area contributed by atoms with Gasteiger partial charge in [0.05, 0.1) is 6.54 Å². The van der Waals surface area contributed by atoms with Gasteiger partial charge in [-0.3, -0.25) is 9.69 Å². The smallest absolute Gasteiger partial charge is 0.238 e. The van der Waals surface area contributed by atoms with Crippen LogP contribution in [-0.2, 0) is 4.79 Å². The van der Waals surface area contributed by atoms with Gasteiger partial charge >= 0.3 is 0 Å². The molecule has 6 heteroatoms. The minimum Gasteiger partial charge on any atom is -0.325 e. The molecular formula is C17H22N4OS. The zero-order valence-electron chi connectivity index (χ0n) is 13.6. The fourth-order valence-corrected chi connectivity index (χ4v) is 3.72. The summed E-state index contributed by atoms with van der Waals surface area (Å²) in [5.41, 5.74) is 2.05. The molecule has 0 bridgehead atoms. The number of carbonyl (C=O) groups is 1. The molecule has 3 rings (SSSR count). The van der Waals surface area contributed by atoms with Crippen molar-refractivity contribution < 1.29 is 4.79 Å². The van der Waals surface area contributed by atoms with Gasteiger partial charge in [-0.1, -0.05) is 17.7 Å². The molecule has 1 aliphatic rings. The number of piperidine rings is 1. The van der Waals surface area contributed by atoms with Crippen molar-refractivity contribution >= 4 is 22.9 Å². The predicted molar refractivity (Wildman–Crippen MR) is 92.9 cm³/mol. The average Bonchev–Trinajstić information content (AvgIpc) is 2.97. The van der Waals surface area contributed by atoms with E-state index in [2.05, 4.69) is 20.4 Å². The number of aryl methyl sites for hydroxylation is 2. The highest BCUT2D eigenvalue weighted by Crippen LogP contribution is 2.29. The van der Waals surface area contributed by atoms with Crippen LogP contribution in [0.2, 0.25) is 0 Å². The van der Waals surface area contributed by atoms with Gasteiger partial charge in [-0.2, -0.15) is 0 Å². The molecule has 2 heterocycles. The monoisotopic (exact) mass is 330 g/mol. The van der Waals surface area contributed by atoms with E-state index in [0.29, 0.717) is 12.5 Å². The first-order valence-corrected chi connectivity index (χ1v) is 8.80. The largest absolute Gasteiger partial charge is 0.325 e. The average molecular weight is 330 g/mol. The van der Waals surface area contributed by atoms with Crippen LogP contribution in [0.4, 0.5) is 5.69 Å². The molecule has 5 nitrogen and oxygen atoms in total. The Bertz CT molecular complexity index is 659. The summed E-state index contributed by atoms with van der Waals surface area (Å²) in [7, 11) is 0. The molecule has 0 saturated carbocycles. The van der Waals surface area contributed by atoms with Gasteiger partial charge in [-0.15, -0.1) is 21.5 Å². The number of aromatic nitrogens is 2. The highest BCUT2D eigenvalue weighted by molar-refractivity contribution is 7.11. The van der Waals surface area contributed by atoms with Gasteiger partial charge in [0.2, 0.25) is 5.91 Å². The summed E-state index contributed by atoms with van der Waals surface area (Å²) >= 11 is 1.69. The van der Waals surface area contributed by atoms with Crippen molar-refractivity contribution in [2.24, 2.45) is 0 Å². The summed E-state index contributed by atoms with van der Waals surface area (Å²) in [6.45, 7) is 6.35. The molecule has 1 saturated heterocycles. The number of hydrogen-bond acceptors (Lipinski definition) is 5. The Morgan fingerprint density at radius 1 is 1.22 bits per heavy atom. The van der Waals surface area contributed by atoms with E-state index < -0.39 is 0 Å². The van der Waals surface area contributed by atoms with Crippen molar-refractivity contribution in [1.82, 2.24) is 15.1 Å². The van der Waals surface area contributed by atoms with E-state index in [0.717, 1.165) is 41.6 Å². The van der Waals surface area contributed by atoms with E-state index >= 15 is 0 Å². The Labute approximate surface area is 140 Å². The first-order chi connectivity index (χ1) is 11.1. The lowest BCUT2D eigenvalue weighted by Crippen LogP contribution is -2.38. The Kier molecular flexibility index (Phi) is 5.03. The molecule has 0 spiro atoms. The van der Waals surface area contributed by atoms with Crippen molar-refractivity contribution in [3.8, 4) is 0 Å². The topological polar surface area (TPSA) is 58.1 Å². The van der Waals surface area contributed by atoms with Crippen molar-refractivity contribution in [3.05, 3.63) is 39.8 Å². The molecule has 1 aromatic carbocycles. The normalized spacial score (nSPS) is 16.4. The lowest BCUT2D eigenvalue weighted by atomic mass is 9.98. The second kappa shape index (κ2) is 7.19. The van der Waals surface area contributed by atoms with Crippen LogP contribution in [0, 0.1) is 13.8 Å². The Morgan fingerprint density at radius 2 is 1.91 bits per heavy atom. The Hall–Kier alpha value is -1.79. The molecule has 1 aliphatic heterocycles. The number of anilines is 1. The van der Waals surface area contributed by atoms with Gasteiger partial charge in [-0.25, -0.2) is 0 Å². The number of likely N-dealkylation sites (tertiary alicyclic amines) is 1. The molecule has 0 radical (unpaired) electrons. The predicted octanol–water partition coefficient (Wildman–Crippen LogP) is 2.97. The highest BCUT2D eigenvalue weighted by atomic mass is 32.1. The second-order valence-corrected chi connectivity index (χ2v) is 7.34. The standard InChI is InChI=1S/C17H22N4OS/c1-12-3-5-15(6-4-12)18-16(22)11-21-9-7-14(8-10-21)17-20-19-13(2)23-17/h3-6,14H,7-11H2,1-2H3,(H,18,22). The number of nitrogens with one attached hydrogen (secondary N) is 1. The van der Waals surface area contributed by atoms with Gasteiger partial charge in [0, 0.05) is 11.6 Å². The Morgan fingerprint density at radius 3 is 2.52 bits per heavy atom. The molecule has 2 aromatic rings. The third kappa shape index (κ3) is 4.36. The van der Waals surface area contributed by atoms with Crippen LogP contribution in [0.15, 0.2) is 24.3 Å². The van der Waals surface area contributed by atoms with Gasteiger partial charge in [-0.05, 0) is 51.9 Å². The van der Waals surface area contributed by atoms with Crippen molar-refractivity contribution in [3.63, 3.8) is 0 Å². The molecule has 122 valence electrons. The Balaban J connectivity index is 1.46. The minimum atomic E-state index is 0.0547. The maximum absolute atomic E-state index is 12.1. The summed E-state index contributed by atoms with van der Waals surface area (Å²) in [5.74, 6) is 0.552. The highest BCUT2D eigenvalue weighted by Gasteiger charge is 2.24. The van der Waals surface area contributed by atoms with Crippen molar-refractivity contribution in [2.45, 2.75) is 32.6 Å². The molecular weight excluding hydrogens is 308 g/mol. The molecule has 0 atom stereocenters. The first-order valence-electron chi connectivity index (χ1n) is 7.99. The quantitative estimate of drug-likeness (QED) is 0.936. The van der Waals surface area contributed by atoms with Gasteiger partial charge in [0.15, 0.2) is 0 Å². The number of hydrogen-bond donors (Lipinski definition) is 1. The minimum absolute atomic E-state index is 0.0547. The number of carbonyl (C=O) groups excluding carboxylic acids is 1. The molecule has 23 heavy (non-hydrogen) atoms. The zero-order valence-corrected chi connectivity index (χ0v) is 14.4. The number of nitrogens with zero attached hydrogens (tertiary/aromatic N) is 3. The van der Waals surface area contributed by atoms with Crippen LogP contribution < -0.4 is 5.32 Å². The maximum Gasteiger partial charge on any atom is 0.238 e. The fourth-order valence-electron chi connectivity index (χ4n) is 2.86. The number of amides is 1. The number of rotatable bonds is 4. The zero-order chi connectivity index (χ0) is 16.2. The van der Waals surface area contributed by atoms with Crippen LogP contribution >= 0.6 is 11.3 Å². The lowest BCUT2D eigenvalue weighted by Gasteiger charge is -2.30. The number of benzene rings is 1. The molecule has 1 amide bonds. The molecule has 1 N–H and O–H groups in total. The SMILES string of the molecule is Cc1ccc(NC(=O)CN2CCC(c3nnc(C)s3)CC2)cc1. The summed E-state index contributed by atoms with van der Waals surface area (Å²) in [6, 6.07) is 7.89. The van der Waals surface area contributed by atoms with Crippen LogP contribution in [0.5, 0.6) is 0 Å². The van der Waals surface area contributed by atoms with Gasteiger partial charge < -0.3 is 5.32 Å².